The first-order valence-corrected chi connectivity index (χ1v) is 9.11. The van der Waals surface area contributed by atoms with Gasteiger partial charge in [-0.3, -0.25) is 0 Å². The maximum Gasteiger partial charge on any atom is 0.137 e. The van der Waals surface area contributed by atoms with E-state index < -0.39 is 0 Å². The van der Waals surface area contributed by atoms with Crippen LogP contribution in [0.3, 0.4) is 0 Å². The van der Waals surface area contributed by atoms with Gasteiger partial charge in [0.1, 0.15) is 5.82 Å². The Hall–Kier alpha value is -2.10. The lowest BCUT2D eigenvalue weighted by molar-refractivity contribution is 0.360. The third kappa shape index (κ3) is 3.84. The van der Waals surface area contributed by atoms with E-state index >= 15 is 0 Å². The highest BCUT2D eigenvalue weighted by Crippen LogP contribution is 2.30. The molecule has 3 aromatic rings. The molecule has 1 aliphatic heterocycles. The zero-order valence-corrected chi connectivity index (χ0v) is 16.3. The van der Waals surface area contributed by atoms with E-state index in [1.165, 1.54) is 28.3 Å². The summed E-state index contributed by atoms with van der Waals surface area (Å²) in [5.41, 5.74) is 3.53. The molecule has 2 heterocycles. The summed E-state index contributed by atoms with van der Waals surface area (Å²) in [5.74, 6) is 1.13. The van der Waals surface area contributed by atoms with Crippen LogP contribution in [0.5, 0.6) is 0 Å². The second kappa shape index (κ2) is 8.07. The lowest BCUT2D eigenvalue weighted by Crippen LogP contribution is -2.29. The fourth-order valence-corrected chi connectivity index (χ4v) is 3.63. The molecule has 0 amide bonds. The van der Waals surface area contributed by atoms with Gasteiger partial charge in [0.25, 0.3) is 0 Å². The largest absolute Gasteiger partial charge is 0.355 e. The van der Waals surface area contributed by atoms with Crippen molar-refractivity contribution in [1.29, 1.82) is 0 Å². The maximum absolute atomic E-state index is 5.11. The summed E-state index contributed by atoms with van der Waals surface area (Å²) in [7, 11) is 2.21. The molecule has 0 unspecified atom stereocenters. The van der Waals surface area contributed by atoms with E-state index in [0.29, 0.717) is 0 Å². The van der Waals surface area contributed by atoms with Crippen LogP contribution < -0.4 is 4.90 Å². The molecule has 4 heteroatoms. The number of pyridine rings is 1. The van der Waals surface area contributed by atoms with Gasteiger partial charge in [0, 0.05) is 30.6 Å². The van der Waals surface area contributed by atoms with E-state index in [1.807, 2.05) is 0 Å². The number of fused-ring (bicyclic) bond motifs is 1. The second-order valence-electron chi connectivity index (χ2n) is 7.07. The Morgan fingerprint density at radius 1 is 0.885 bits per heavy atom. The number of likely N-dealkylation sites (N-methyl/N-ethyl adjacent to an activating group) is 1. The van der Waals surface area contributed by atoms with Crippen LogP contribution in [0.4, 0.5) is 5.82 Å². The molecule has 3 nitrogen and oxygen atoms in total. The van der Waals surface area contributed by atoms with Gasteiger partial charge in [-0.2, -0.15) is 0 Å². The molecule has 4 rings (SSSR count). The van der Waals surface area contributed by atoms with Crippen LogP contribution in [0.15, 0.2) is 54.6 Å². The van der Waals surface area contributed by atoms with Crippen molar-refractivity contribution >= 4 is 29.0 Å². The molecule has 0 saturated carbocycles. The highest BCUT2D eigenvalue weighted by atomic mass is 35.5. The predicted octanol–water partition coefficient (Wildman–Crippen LogP) is 4.77. The van der Waals surface area contributed by atoms with Crippen molar-refractivity contribution in [3.8, 4) is 11.3 Å². The van der Waals surface area contributed by atoms with Crippen molar-refractivity contribution in [3.05, 3.63) is 60.2 Å². The van der Waals surface area contributed by atoms with Crippen molar-refractivity contribution < 1.29 is 0 Å². The molecular weight excluding hydrogens is 342 g/mol. The average molecular weight is 368 g/mol. The molecule has 0 N–H and O–H groups in total. The summed E-state index contributed by atoms with van der Waals surface area (Å²) in [6, 6.07) is 19.5. The number of nitrogens with zero attached hydrogens (tertiary/aromatic N) is 3. The number of aryl methyl sites for hydroxylation is 1. The topological polar surface area (TPSA) is 19.4 Å². The molecule has 2 aromatic carbocycles. The first kappa shape index (κ1) is 18.7. The van der Waals surface area contributed by atoms with E-state index in [0.717, 1.165) is 37.7 Å². The van der Waals surface area contributed by atoms with Crippen molar-refractivity contribution in [3.63, 3.8) is 0 Å². The van der Waals surface area contributed by atoms with Gasteiger partial charge in [0.05, 0.1) is 5.69 Å². The highest BCUT2D eigenvalue weighted by Gasteiger charge is 2.17. The number of hydrogen-bond donors (Lipinski definition) is 0. The fraction of sp³-hybridized carbons (Fsp3) is 0.318. The number of benzene rings is 2. The number of aromatic nitrogens is 1. The molecule has 136 valence electrons. The average Bonchev–Trinajstić information content (AvgIpc) is 2.85. The molecule has 1 aromatic heterocycles. The molecule has 0 bridgehead atoms. The molecule has 1 fully saturated rings. The Bertz CT molecular complexity index is 893. The van der Waals surface area contributed by atoms with Crippen LogP contribution in [-0.2, 0) is 0 Å². The molecule has 0 aliphatic carbocycles. The molecule has 0 atom stereocenters. The van der Waals surface area contributed by atoms with Gasteiger partial charge < -0.3 is 9.80 Å². The zero-order valence-electron chi connectivity index (χ0n) is 15.5. The summed E-state index contributed by atoms with van der Waals surface area (Å²) in [6.45, 7) is 6.48. The Labute approximate surface area is 162 Å². The van der Waals surface area contributed by atoms with Crippen LogP contribution in [0.1, 0.15) is 12.0 Å². The zero-order chi connectivity index (χ0) is 17.2. The standard InChI is InChI=1S/C22H25N3.ClH/c1-17-7-5-9-19(15-17)21-16-18-8-3-4-10-20(18)22(23-21)25-12-6-11-24(2)13-14-25;/h3-5,7-10,15-16H,6,11-14H2,1-2H3;1H. The van der Waals surface area contributed by atoms with Crippen LogP contribution in [0.25, 0.3) is 22.0 Å². The Morgan fingerprint density at radius 3 is 2.58 bits per heavy atom. The van der Waals surface area contributed by atoms with Crippen molar-refractivity contribution in [2.24, 2.45) is 0 Å². The Balaban J connectivity index is 0.00000196. The fourth-order valence-electron chi connectivity index (χ4n) is 3.63. The van der Waals surface area contributed by atoms with Gasteiger partial charge in [0.2, 0.25) is 0 Å². The molecular formula is C22H26ClN3. The van der Waals surface area contributed by atoms with E-state index in [1.54, 1.807) is 0 Å². The summed E-state index contributed by atoms with van der Waals surface area (Å²) in [5, 5.41) is 2.52. The number of hydrogen-bond acceptors (Lipinski definition) is 3. The van der Waals surface area contributed by atoms with E-state index in [2.05, 4.69) is 78.4 Å². The second-order valence-corrected chi connectivity index (χ2v) is 7.07. The minimum absolute atomic E-state index is 0. The first-order valence-electron chi connectivity index (χ1n) is 9.11. The molecule has 1 aliphatic rings. The Morgan fingerprint density at radius 2 is 1.73 bits per heavy atom. The third-order valence-electron chi connectivity index (χ3n) is 5.05. The minimum Gasteiger partial charge on any atom is -0.355 e. The van der Waals surface area contributed by atoms with Gasteiger partial charge in [-0.15, -0.1) is 12.4 Å². The third-order valence-corrected chi connectivity index (χ3v) is 5.05. The summed E-state index contributed by atoms with van der Waals surface area (Å²) >= 11 is 0. The lowest BCUT2D eigenvalue weighted by Gasteiger charge is -2.24. The van der Waals surface area contributed by atoms with E-state index in [4.69, 9.17) is 4.98 Å². The molecule has 0 radical (unpaired) electrons. The first-order chi connectivity index (χ1) is 12.2. The van der Waals surface area contributed by atoms with Gasteiger partial charge in [-0.05, 0) is 44.5 Å². The number of rotatable bonds is 2. The highest BCUT2D eigenvalue weighted by molar-refractivity contribution is 5.95. The van der Waals surface area contributed by atoms with Gasteiger partial charge in [-0.25, -0.2) is 4.98 Å². The quantitative estimate of drug-likeness (QED) is 0.650. The smallest absolute Gasteiger partial charge is 0.137 e. The normalized spacial score (nSPS) is 15.5. The van der Waals surface area contributed by atoms with Crippen LogP contribution in [0.2, 0.25) is 0 Å². The SMILES string of the molecule is Cc1cccc(-c2cc3ccccc3c(N3CCCN(C)CC3)n2)c1.Cl. The Kier molecular flexibility index (Phi) is 5.80. The van der Waals surface area contributed by atoms with E-state index in [9.17, 15) is 0 Å². The lowest BCUT2D eigenvalue weighted by atomic mass is 10.0. The summed E-state index contributed by atoms with van der Waals surface area (Å²) < 4.78 is 0. The number of anilines is 1. The van der Waals surface area contributed by atoms with Crippen LogP contribution in [0, 0.1) is 6.92 Å². The maximum atomic E-state index is 5.11. The van der Waals surface area contributed by atoms with Gasteiger partial charge >= 0.3 is 0 Å². The summed E-state index contributed by atoms with van der Waals surface area (Å²) in [6.07, 6.45) is 1.18. The van der Waals surface area contributed by atoms with Crippen molar-refractivity contribution in [2.45, 2.75) is 13.3 Å². The van der Waals surface area contributed by atoms with Crippen LogP contribution in [-0.4, -0.2) is 43.1 Å². The van der Waals surface area contributed by atoms with Crippen molar-refractivity contribution in [2.75, 3.05) is 38.1 Å². The minimum atomic E-state index is 0. The molecule has 0 spiro atoms. The molecule has 26 heavy (non-hydrogen) atoms. The number of halogens is 1. The monoisotopic (exact) mass is 367 g/mol. The van der Waals surface area contributed by atoms with Gasteiger partial charge in [0.15, 0.2) is 0 Å². The van der Waals surface area contributed by atoms with E-state index in [-0.39, 0.29) is 12.4 Å². The molecule has 1 saturated heterocycles. The van der Waals surface area contributed by atoms with Crippen molar-refractivity contribution in [1.82, 2.24) is 9.88 Å². The summed E-state index contributed by atoms with van der Waals surface area (Å²) in [4.78, 5) is 9.98. The van der Waals surface area contributed by atoms with Gasteiger partial charge in [-0.1, -0.05) is 48.0 Å². The van der Waals surface area contributed by atoms with Crippen LogP contribution >= 0.6 is 12.4 Å². The predicted molar refractivity (Wildman–Crippen MR) is 113 cm³/mol.